The lowest BCUT2D eigenvalue weighted by Gasteiger charge is -2.40. The fourth-order valence-electron chi connectivity index (χ4n) is 7.86. The maximum absolute atomic E-state index is 13.0. The molecule has 1 aliphatic rings. The van der Waals surface area contributed by atoms with Crippen LogP contribution in [-0.2, 0) is 14.3 Å². The van der Waals surface area contributed by atoms with E-state index in [2.05, 4.69) is 67.8 Å². The molecule has 0 spiro atoms. The molecule has 0 aromatic carbocycles. The van der Waals surface area contributed by atoms with Crippen LogP contribution in [0.4, 0.5) is 0 Å². The molecule has 7 unspecified atom stereocenters. The van der Waals surface area contributed by atoms with Crippen LogP contribution >= 0.6 is 0 Å². The fraction of sp³-hybridized carbons (Fsp3) is 0.796. The third-order valence-electron chi connectivity index (χ3n) is 12.0. The number of rotatable bonds is 43. The Hall–Kier alpha value is -2.11. The van der Waals surface area contributed by atoms with Crippen LogP contribution in [0.2, 0.25) is 0 Å². The average Bonchev–Trinajstić information content (AvgIpc) is 3.28. The Morgan fingerprint density at radius 1 is 0.540 bits per heavy atom. The van der Waals surface area contributed by atoms with Crippen LogP contribution in [0, 0.1) is 0 Å². The summed E-state index contributed by atoms with van der Waals surface area (Å²) in [5, 5.41) is 54.3. The fourth-order valence-corrected chi connectivity index (χ4v) is 7.86. The molecule has 1 heterocycles. The van der Waals surface area contributed by atoms with Crippen molar-refractivity contribution in [2.45, 2.75) is 262 Å². The van der Waals surface area contributed by atoms with Gasteiger partial charge in [0.2, 0.25) is 5.91 Å². The van der Waals surface area contributed by atoms with E-state index in [4.69, 9.17) is 9.47 Å². The van der Waals surface area contributed by atoms with Crippen molar-refractivity contribution in [2.75, 3.05) is 13.2 Å². The van der Waals surface area contributed by atoms with E-state index >= 15 is 0 Å². The van der Waals surface area contributed by atoms with Gasteiger partial charge in [0, 0.05) is 6.42 Å². The van der Waals surface area contributed by atoms with Crippen molar-refractivity contribution in [1.29, 1.82) is 0 Å². The zero-order valence-corrected chi connectivity index (χ0v) is 40.3. The number of nitrogens with one attached hydrogen (secondary N) is 1. The number of hydrogen-bond acceptors (Lipinski definition) is 8. The molecule has 1 saturated heterocycles. The molecule has 63 heavy (non-hydrogen) atoms. The number of aliphatic hydroxyl groups is 5. The summed E-state index contributed by atoms with van der Waals surface area (Å²) in [5.74, 6) is -0.193. The highest BCUT2D eigenvalue weighted by Gasteiger charge is 2.44. The van der Waals surface area contributed by atoms with Crippen LogP contribution in [0.15, 0.2) is 60.8 Å². The summed E-state index contributed by atoms with van der Waals surface area (Å²) in [6, 6.07) is -0.829. The van der Waals surface area contributed by atoms with E-state index < -0.39 is 49.5 Å². The molecule has 0 aromatic heterocycles. The molecule has 6 N–H and O–H groups in total. The van der Waals surface area contributed by atoms with Crippen LogP contribution in [0.5, 0.6) is 0 Å². The summed E-state index contributed by atoms with van der Waals surface area (Å²) < 4.78 is 11.2. The van der Waals surface area contributed by atoms with Gasteiger partial charge in [-0.2, -0.15) is 0 Å². The molecule has 9 nitrogen and oxygen atoms in total. The summed E-state index contributed by atoms with van der Waals surface area (Å²) >= 11 is 0. The first-order chi connectivity index (χ1) is 30.8. The zero-order chi connectivity index (χ0) is 45.9. The molecular weight excluding hydrogens is 791 g/mol. The van der Waals surface area contributed by atoms with Gasteiger partial charge in [0.05, 0.1) is 25.4 Å². The predicted molar refractivity (Wildman–Crippen MR) is 262 cm³/mol. The van der Waals surface area contributed by atoms with Crippen LogP contribution < -0.4 is 5.32 Å². The van der Waals surface area contributed by atoms with Gasteiger partial charge in [-0.25, -0.2) is 0 Å². The second-order valence-electron chi connectivity index (χ2n) is 17.9. The van der Waals surface area contributed by atoms with Crippen molar-refractivity contribution >= 4 is 5.91 Å². The van der Waals surface area contributed by atoms with Gasteiger partial charge in [0.1, 0.15) is 24.4 Å². The standard InChI is InChI=1S/C54H97NO8/c1-3-5-7-9-11-13-15-17-19-20-21-22-23-24-25-26-27-28-30-32-34-36-38-40-42-44-50(58)55-47(46-62-54-53(61)52(60)51(59)49(45-56)63-54)48(57)43-41-39-37-35-33-31-29-18-16-14-12-10-8-6-4-2/h15-18,20-21,33,35,41,43,47-49,51-54,56-57,59-61H,3-14,19,22-32,34,36-40,42,44-46H2,1-2H3,(H,55,58)/b17-15-,18-16+,21-20-,35-33+,43-41+. The number of hydrogen-bond donors (Lipinski definition) is 6. The zero-order valence-electron chi connectivity index (χ0n) is 40.3. The summed E-state index contributed by atoms with van der Waals surface area (Å²) in [6.45, 7) is 3.73. The first-order valence-electron chi connectivity index (χ1n) is 26.0. The first-order valence-corrected chi connectivity index (χ1v) is 26.0. The number of carbonyl (C=O) groups is 1. The van der Waals surface area contributed by atoms with Crippen molar-refractivity contribution in [3.8, 4) is 0 Å². The number of unbranched alkanes of at least 4 members (excludes halogenated alkanes) is 25. The highest BCUT2D eigenvalue weighted by molar-refractivity contribution is 5.76. The predicted octanol–water partition coefficient (Wildman–Crippen LogP) is 12.0. The summed E-state index contributed by atoms with van der Waals surface area (Å²) in [6.07, 6.45) is 51.3. The van der Waals surface area contributed by atoms with E-state index in [1.165, 1.54) is 141 Å². The van der Waals surface area contributed by atoms with Crippen molar-refractivity contribution in [3.63, 3.8) is 0 Å². The molecule has 0 bridgehead atoms. The van der Waals surface area contributed by atoms with E-state index in [0.717, 1.165) is 57.8 Å². The van der Waals surface area contributed by atoms with Gasteiger partial charge in [-0.3, -0.25) is 4.79 Å². The number of amides is 1. The maximum atomic E-state index is 13.0. The number of carbonyl (C=O) groups excluding carboxylic acids is 1. The van der Waals surface area contributed by atoms with Gasteiger partial charge in [-0.15, -0.1) is 0 Å². The third kappa shape index (κ3) is 33.9. The van der Waals surface area contributed by atoms with Gasteiger partial charge in [-0.05, 0) is 77.0 Å². The van der Waals surface area contributed by atoms with Crippen LogP contribution in [0.3, 0.4) is 0 Å². The molecule has 1 aliphatic heterocycles. The Kier molecular flexibility index (Phi) is 40.9. The molecule has 1 rings (SSSR count). The molecule has 0 radical (unpaired) electrons. The van der Waals surface area contributed by atoms with Crippen LogP contribution in [-0.4, -0.2) is 87.5 Å². The molecular formula is C54H97NO8. The van der Waals surface area contributed by atoms with E-state index in [1.54, 1.807) is 6.08 Å². The Labute approximate surface area is 386 Å². The molecule has 0 aromatic rings. The maximum Gasteiger partial charge on any atom is 0.220 e. The summed E-state index contributed by atoms with van der Waals surface area (Å²) in [7, 11) is 0. The Bertz CT molecular complexity index is 1170. The molecule has 0 saturated carbocycles. The van der Waals surface area contributed by atoms with Gasteiger partial charge >= 0.3 is 0 Å². The van der Waals surface area contributed by atoms with Crippen LogP contribution in [0.1, 0.15) is 219 Å². The first kappa shape index (κ1) is 58.9. The SMILES string of the molecule is CCCCCCC/C=C\C/C=C\CCCCCCCCCCCCCCCC(=O)NC(COC1OC(CO)C(O)C(O)C1O)C(O)/C=C/CC/C=C/CC/C=C/CCCCCCC. The van der Waals surface area contributed by atoms with Crippen molar-refractivity contribution in [1.82, 2.24) is 5.32 Å². The Morgan fingerprint density at radius 2 is 0.952 bits per heavy atom. The Morgan fingerprint density at radius 3 is 1.43 bits per heavy atom. The lowest BCUT2D eigenvalue weighted by Crippen LogP contribution is -2.60. The van der Waals surface area contributed by atoms with E-state index in [-0.39, 0.29) is 12.5 Å². The normalized spacial score (nSPS) is 20.7. The van der Waals surface area contributed by atoms with Crippen molar-refractivity contribution in [3.05, 3.63) is 60.8 Å². The monoisotopic (exact) mass is 888 g/mol. The third-order valence-corrected chi connectivity index (χ3v) is 12.0. The summed E-state index contributed by atoms with van der Waals surface area (Å²) in [5.41, 5.74) is 0. The van der Waals surface area contributed by atoms with Crippen molar-refractivity contribution in [2.24, 2.45) is 0 Å². The van der Waals surface area contributed by atoms with E-state index in [9.17, 15) is 30.3 Å². The second kappa shape index (κ2) is 43.8. The van der Waals surface area contributed by atoms with Gasteiger partial charge in [0.15, 0.2) is 6.29 Å². The lowest BCUT2D eigenvalue weighted by molar-refractivity contribution is -0.302. The molecule has 366 valence electrons. The molecule has 1 amide bonds. The van der Waals surface area contributed by atoms with Crippen molar-refractivity contribution < 1.29 is 39.8 Å². The molecule has 1 fully saturated rings. The molecule has 0 aliphatic carbocycles. The number of allylic oxidation sites excluding steroid dienone is 9. The van der Waals surface area contributed by atoms with Gasteiger partial charge in [-0.1, -0.05) is 197 Å². The number of ether oxygens (including phenoxy) is 2. The topological polar surface area (TPSA) is 149 Å². The second-order valence-corrected chi connectivity index (χ2v) is 17.9. The Balaban J connectivity index is 2.27. The molecule has 7 atom stereocenters. The smallest absolute Gasteiger partial charge is 0.220 e. The highest BCUT2D eigenvalue weighted by Crippen LogP contribution is 2.23. The lowest BCUT2D eigenvalue weighted by atomic mass is 9.99. The van der Waals surface area contributed by atoms with E-state index in [1.807, 2.05) is 6.08 Å². The average molecular weight is 888 g/mol. The minimum atomic E-state index is -1.58. The largest absolute Gasteiger partial charge is 0.394 e. The minimum absolute atomic E-state index is 0.193. The highest BCUT2D eigenvalue weighted by atomic mass is 16.7. The van der Waals surface area contributed by atoms with Crippen LogP contribution in [0.25, 0.3) is 0 Å². The minimum Gasteiger partial charge on any atom is -0.394 e. The molecule has 9 heteroatoms. The van der Waals surface area contributed by atoms with Gasteiger partial charge < -0.3 is 40.3 Å². The number of aliphatic hydroxyl groups excluding tert-OH is 5. The summed E-state index contributed by atoms with van der Waals surface area (Å²) in [4.78, 5) is 13.0. The van der Waals surface area contributed by atoms with Gasteiger partial charge in [0.25, 0.3) is 0 Å². The van der Waals surface area contributed by atoms with E-state index in [0.29, 0.717) is 6.42 Å². The quantitative estimate of drug-likeness (QED) is 0.0262.